The normalized spacial score (nSPS) is 12.3. The zero-order chi connectivity index (χ0) is 15.8. The van der Waals surface area contributed by atoms with Crippen molar-refractivity contribution in [2.75, 3.05) is 13.6 Å². The molecule has 0 aromatic rings. The molecule has 3 nitrogen and oxygen atoms in total. The minimum Gasteiger partial charge on any atom is -0.461 e. The lowest BCUT2D eigenvalue weighted by atomic mass is 10.0. The molecule has 0 saturated heterocycles. The maximum atomic E-state index is 11.6. The molecule has 0 aliphatic heterocycles. The first-order valence-electron chi connectivity index (χ1n) is 9.08. The van der Waals surface area contributed by atoms with Crippen molar-refractivity contribution in [2.24, 2.45) is 0 Å². The zero-order valence-electron chi connectivity index (χ0n) is 14.6. The van der Waals surface area contributed by atoms with Gasteiger partial charge in [0.15, 0.2) is 0 Å². The van der Waals surface area contributed by atoms with E-state index in [4.69, 9.17) is 4.74 Å². The van der Waals surface area contributed by atoms with Crippen LogP contribution in [0.1, 0.15) is 90.9 Å². The Kier molecular flexibility index (Phi) is 15.4. The molecular weight excluding hydrogens is 262 g/mol. The molecule has 0 saturated carbocycles. The number of carbonyl (C=O) groups excluding carboxylic acids is 1. The highest BCUT2D eigenvalue weighted by atomic mass is 16.5. The Labute approximate surface area is 132 Å². The maximum absolute atomic E-state index is 11.6. The van der Waals surface area contributed by atoms with Crippen LogP contribution in [-0.2, 0) is 9.53 Å². The summed E-state index contributed by atoms with van der Waals surface area (Å²) in [5.74, 6) is -0.107. The molecule has 3 heteroatoms. The van der Waals surface area contributed by atoms with Crippen LogP contribution in [0.2, 0.25) is 0 Å². The van der Waals surface area contributed by atoms with Gasteiger partial charge in [0, 0.05) is 0 Å². The smallest absolute Gasteiger partial charge is 0.320 e. The van der Waals surface area contributed by atoms with Crippen molar-refractivity contribution in [3.8, 4) is 0 Å². The summed E-state index contributed by atoms with van der Waals surface area (Å²) in [5.41, 5.74) is 0. The van der Waals surface area contributed by atoms with Gasteiger partial charge in [-0.15, -0.1) is 0 Å². The fourth-order valence-corrected chi connectivity index (χ4v) is 2.59. The summed E-state index contributed by atoms with van der Waals surface area (Å²) < 4.78 is 5.60. The number of unbranched alkanes of at least 4 members (excludes halogenated alkanes) is 8. The Balaban J connectivity index is 3.85. The first-order valence-corrected chi connectivity index (χ1v) is 9.08. The highest BCUT2D eigenvalue weighted by Gasteiger charge is 2.13. The number of hydrogen-bond donors (Lipinski definition) is 1. The molecule has 1 atom stereocenters. The van der Waals surface area contributed by atoms with E-state index in [1.54, 1.807) is 7.05 Å². The quantitative estimate of drug-likeness (QED) is 0.347. The Morgan fingerprint density at radius 2 is 1.33 bits per heavy atom. The van der Waals surface area contributed by atoms with E-state index in [1.807, 2.05) is 0 Å². The van der Waals surface area contributed by atoms with Crippen molar-refractivity contribution >= 4 is 5.97 Å². The number of ether oxygens (including phenoxy) is 1. The van der Waals surface area contributed by atoms with Gasteiger partial charge in [0.05, 0.1) is 6.54 Å². The summed E-state index contributed by atoms with van der Waals surface area (Å²) >= 11 is 0. The van der Waals surface area contributed by atoms with Gasteiger partial charge in [0.2, 0.25) is 0 Å². The van der Waals surface area contributed by atoms with E-state index in [0.29, 0.717) is 6.54 Å². The van der Waals surface area contributed by atoms with Gasteiger partial charge >= 0.3 is 5.97 Å². The first kappa shape index (κ1) is 20.4. The molecule has 0 radical (unpaired) electrons. The van der Waals surface area contributed by atoms with Gasteiger partial charge < -0.3 is 10.1 Å². The molecule has 0 aliphatic carbocycles. The first-order chi connectivity index (χ1) is 10.2. The van der Waals surface area contributed by atoms with E-state index in [0.717, 1.165) is 12.8 Å². The lowest BCUT2D eigenvalue weighted by Gasteiger charge is -2.18. The highest BCUT2D eigenvalue weighted by molar-refractivity contribution is 5.71. The van der Waals surface area contributed by atoms with Crippen LogP contribution in [-0.4, -0.2) is 25.7 Å². The predicted octanol–water partition coefficient (Wildman–Crippen LogP) is 4.84. The molecule has 21 heavy (non-hydrogen) atoms. The summed E-state index contributed by atoms with van der Waals surface area (Å²) in [5, 5.41) is 2.87. The summed E-state index contributed by atoms with van der Waals surface area (Å²) in [6.45, 7) is 4.79. The highest BCUT2D eigenvalue weighted by Crippen LogP contribution is 2.16. The molecule has 0 rings (SSSR count). The van der Waals surface area contributed by atoms with Crippen molar-refractivity contribution in [1.82, 2.24) is 5.32 Å². The Hall–Kier alpha value is -0.570. The van der Waals surface area contributed by atoms with Crippen LogP contribution in [0.3, 0.4) is 0 Å². The van der Waals surface area contributed by atoms with E-state index in [2.05, 4.69) is 19.2 Å². The fraction of sp³-hybridized carbons (Fsp3) is 0.944. The number of nitrogens with one attached hydrogen (secondary N) is 1. The summed E-state index contributed by atoms with van der Waals surface area (Å²) in [6.07, 6.45) is 14.9. The molecule has 0 fully saturated rings. The van der Waals surface area contributed by atoms with Crippen LogP contribution in [0.15, 0.2) is 0 Å². The molecular formula is C18H37NO2. The molecule has 0 aromatic carbocycles. The van der Waals surface area contributed by atoms with E-state index < -0.39 is 0 Å². The Morgan fingerprint density at radius 3 is 1.86 bits per heavy atom. The van der Waals surface area contributed by atoms with E-state index in [-0.39, 0.29) is 12.1 Å². The number of hydrogen-bond acceptors (Lipinski definition) is 3. The third-order valence-electron chi connectivity index (χ3n) is 3.88. The van der Waals surface area contributed by atoms with Crippen molar-refractivity contribution < 1.29 is 9.53 Å². The second-order valence-electron chi connectivity index (χ2n) is 6.05. The van der Waals surface area contributed by atoms with E-state index in [1.165, 1.54) is 64.2 Å². The van der Waals surface area contributed by atoms with Crippen LogP contribution in [0.4, 0.5) is 0 Å². The van der Waals surface area contributed by atoms with E-state index in [9.17, 15) is 4.79 Å². The third-order valence-corrected chi connectivity index (χ3v) is 3.88. The van der Waals surface area contributed by atoms with Gasteiger partial charge in [-0.05, 0) is 32.7 Å². The van der Waals surface area contributed by atoms with Crippen molar-refractivity contribution in [1.29, 1.82) is 0 Å². The zero-order valence-corrected chi connectivity index (χ0v) is 14.6. The minimum atomic E-state index is -0.107. The van der Waals surface area contributed by atoms with Crippen LogP contribution in [0.5, 0.6) is 0 Å². The van der Waals surface area contributed by atoms with Crippen LogP contribution >= 0.6 is 0 Å². The molecule has 1 unspecified atom stereocenters. The average molecular weight is 299 g/mol. The Morgan fingerprint density at radius 1 is 0.857 bits per heavy atom. The van der Waals surface area contributed by atoms with Gasteiger partial charge in [0.1, 0.15) is 6.10 Å². The standard InChI is InChI=1S/C18H37NO2/c1-4-6-8-10-11-13-15-17(14-12-9-7-5-2)21-18(20)16-19-3/h17,19H,4-16H2,1-3H3. The maximum Gasteiger partial charge on any atom is 0.320 e. The second-order valence-corrected chi connectivity index (χ2v) is 6.05. The second kappa shape index (κ2) is 15.8. The Bertz CT molecular complexity index is 231. The topological polar surface area (TPSA) is 38.3 Å². The average Bonchev–Trinajstić information content (AvgIpc) is 2.47. The van der Waals surface area contributed by atoms with Crippen molar-refractivity contribution in [2.45, 2.75) is 97.0 Å². The molecule has 0 aromatic heterocycles. The molecule has 126 valence electrons. The van der Waals surface area contributed by atoms with Gasteiger partial charge in [0.25, 0.3) is 0 Å². The molecule has 0 spiro atoms. The van der Waals surface area contributed by atoms with Crippen LogP contribution in [0.25, 0.3) is 0 Å². The van der Waals surface area contributed by atoms with Crippen LogP contribution < -0.4 is 5.32 Å². The fourth-order valence-electron chi connectivity index (χ4n) is 2.59. The lowest BCUT2D eigenvalue weighted by Crippen LogP contribution is -2.26. The molecule has 0 amide bonds. The van der Waals surface area contributed by atoms with E-state index >= 15 is 0 Å². The SMILES string of the molecule is CCCCCCCCC(CCCCCC)OC(=O)CNC. The van der Waals surface area contributed by atoms with Gasteiger partial charge in [-0.3, -0.25) is 4.79 Å². The number of likely N-dealkylation sites (N-methyl/N-ethyl adjacent to an activating group) is 1. The monoisotopic (exact) mass is 299 g/mol. The largest absolute Gasteiger partial charge is 0.461 e. The minimum absolute atomic E-state index is 0.107. The van der Waals surface area contributed by atoms with Crippen molar-refractivity contribution in [3.63, 3.8) is 0 Å². The predicted molar refractivity (Wildman–Crippen MR) is 90.6 cm³/mol. The number of rotatable bonds is 15. The number of carbonyl (C=O) groups is 1. The number of esters is 1. The van der Waals surface area contributed by atoms with Crippen molar-refractivity contribution in [3.05, 3.63) is 0 Å². The molecule has 0 heterocycles. The lowest BCUT2D eigenvalue weighted by molar-refractivity contribution is -0.148. The van der Waals surface area contributed by atoms with Crippen LogP contribution in [0, 0.1) is 0 Å². The van der Waals surface area contributed by atoms with Gasteiger partial charge in [-0.25, -0.2) is 0 Å². The van der Waals surface area contributed by atoms with Gasteiger partial charge in [-0.2, -0.15) is 0 Å². The molecule has 0 aliphatic rings. The summed E-state index contributed by atoms with van der Waals surface area (Å²) in [4.78, 5) is 11.6. The summed E-state index contributed by atoms with van der Waals surface area (Å²) in [7, 11) is 1.78. The van der Waals surface area contributed by atoms with Gasteiger partial charge in [-0.1, -0.05) is 65.2 Å². The molecule has 0 bridgehead atoms. The summed E-state index contributed by atoms with van der Waals surface area (Å²) in [6, 6.07) is 0. The third kappa shape index (κ3) is 14.1. The molecule has 1 N–H and O–H groups in total.